The van der Waals surface area contributed by atoms with Crippen molar-refractivity contribution >= 4 is 23.2 Å². The highest BCUT2D eigenvalue weighted by molar-refractivity contribution is 6.35. The molecule has 0 aliphatic carbocycles. The monoisotopic (exact) mass is 245 g/mol. The molecule has 15 heavy (non-hydrogen) atoms. The number of fused-ring (bicyclic) bond motifs is 1. The van der Waals surface area contributed by atoms with Crippen molar-refractivity contribution in [3.05, 3.63) is 27.7 Å². The molecule has 1 aromatic carbocycles. The van der Waals surface area contributed by atoms with Gasteiger partial charge in [-0.2, -0.15) is 0 Å². The molecule has 1 unspecified atom stereocenters. The van der Waals surface area contributed by atoms with Crippen LogP contribution in [-0.2, 0) is 0 Å². The summed E-state index contributed by atoms with van der Waals surface area (Å²) in [6.45, 7) is 3.71. The zero-order valence-corrected chi connectivity index (χ0v) is 10.0. The van der Waals surface area contributed by atoms with Gasteiger partial charge in [-0.3, -0.25) is 0 Å². The van der Waals surface area contributed by atoms with Gasteiger partial charge in [0.05, 0.1) is 11.6 Å². The highest BCUT2D eigenvalue weighted by Gasteiger charge is 2.23. The first kappa shape index (κ1) is 11.1. The van der Waals surface area contributed by atoms with E-state index in [1.54, 1.807) is 6.07 Å². The number of halogens is 2. The van der Waals surface area contributed by atoms with Crippen LogP contribution < -0.4 is 10.1 Å². The fourth-order valence-corrected chi connectivity index (χ4v) is 2.45. The Morgan fingerprint density at radius 1 is 1.47 bits per heavy atom. The summed E-state index contributed by atoms with van der Waals surface area (Å²) in [5, 5.41) is 4.65. The highest BCUT2D eigenvalue weighted by atomic mass is 35.5. The van der Waals surface area contributed by atoms with Crippen molar-refractivity contribution in [3.63, 3.8) is 0 Å². The molecular weight excluding hydrogens is 233 g/mol. The van der Waals surface area contributed by atoms with E-state index in [0.717, 1.165) is 24.3 Å². The van der Waals surface area contributed by atoms with Crippen molar-refractivity contribution in [1.29, 1.82) is 0 Å². The van der Waals surface area contributed by atoms with Crippen LogP contribution in [0, 0.1) is 0 Å². The Morgan fingerprint density at radius 3 is 3.00 bits per heavy atom. The molecule has 2 rings (SSSR count). The van der Waals surface area contributed by atoms with Gasteiger partial charge in [-0.05, 0) is 18.7 Å². The van der Waals surface area contributed by atoms with E-state index in [9.17, 15) is 0 Å². The topological polar surface area (TPSA) is 21.3 Å². The molecule has 0 saturated carbocycles. The molecule has 0 aromatic heterocycles. The van der Waals surface area contributed by atoms with Crippen LogP contribution in [0.3, 0.4) is 0 Å². The van der Waals surface area contributed by atoms with E-state index in [2.05, 4.69) is 12.2 Å². The van der Waals surface area contributed by atoms with E-state index in [1.165, 1.54) is 0 Å². The molecule has 1 aromatic rings. The molecule has 0 saturated heterocycles. The predicted molar refractivity (Wildman–Crippen MR) is 63.0 cm³/mol. The number of nitrogens with one attached hydrogen (secondary N) is 1. The van der Waals surface area contributed by atoms with Crippen LogP contribution >= 0.6 is 23.2 Å². The Balaban J connectivity index is 2.41. The highest BCUT2D eigenvalue weighted by Crippen LogP contribution is 2.39. The number of hydrogen-bond acceptors (Lipinski definition) is 2. The van der Waals surface area contributed by atoms with Crippen LogP contribution in [0.1, 0.15) is 24.9 Å². The second kappa shape index (κ2) is 4.60. The van der Waals surface area contributed by atoms with Crippen molar-refractivity contribution < 1.29 is 4.74 Å². The quantitative estimate of drug-likeness (QED) is 0.863. The summed E-state index contributed by atoms with van der Waals surface area (Å²) in [7, 11) is 0. The Kier molecular flexibility index (Phi) is 3.39. The van der Waals surface area contributed by atoms with Crippen molar-refractivity contribution in [1.82, 2.24) is 5.32 Å². The lowest BCUT2D eigenvalue weighted by molar-refractivity contribution is 0.254. The summed E-state index contributed by atoms with van der Waals surface area (Å²) >= 11 is 12.1. The molecule has 1 heterocycles. The molecule has 0 amide bonds. The molecule has 1 aliphatic rings. The molecule has 0 fully saturated rings. The molecule has 1 aliphatic heterocycles. The molecule has 0 spiro atoms. The first-order chi connectivity index (χ1) is 7.22. The van der Waals surface area contributed by atoms with E-state index in [0.29, 0.717) is 22.7 Å². The Hall–Kier alpha value is -0.440. The Labute approximate surface area is 99.5 Å². The molecule has 82 valence electrons. The Bertz CT molecular complexity index is 368. The van der Waals surface area contributed by atoms with Gasteiger partial charge in [0.25, 0.3) is 0 Å². The van der Waals surface area contributed by atoms with Crippen LogP contribution in [0.5, 0.6) is 5.75 Å². The third kappa shape index (κ3) is 2.22. The minimum absolute atomic E-state index is 0.301. The van der Waals surface area contributed by atoms with Gasteiger partial charge < -0.3 is 10.1 Å². The summed E-state index contributed by atoms with van der Waals surface area (Å²) in [6.07, 6.45) is 0.956. The van der Waals surface area contributed by atoms with Crippen molar-refractivity contribution in [2.24, 2.45) is 0 Å². The third-order valence-corrected chi connectivity index (χ3v) is 3.01. The van der Waals surface area contributed by atoms with Crippen LogP contribution in [0.15, 0.2) is 12.1 Å². The average molecular weight is 246 g/mol. The predicted octanol–water partition coefficient (Wildman–Crippen LogP) is 3.43. The first-order valence-corrected chi connectivity index (χ1v) is 5.83. The molecule has 2 nitrogen and oxygen atoms in total. The van der Waals surface area contributed by atoms with Crippen molar-refractivity contribution in [2.45, 2.75) is 19.4 Å². The number of hydrogen-bond donors (Lipinski definition) is 1. The maximum atomic E-state index is 6.08. The SMILES string of the molecule is CCNC1CCOc2c(Cl)cc(Cl)cc21. The largest absolute Gasteiger partial charge is 0.492 e. The summed E-state index contributed by atoms with van der Waals surface area (Å²) in [5.41, 5.74) is 1.07. The second-order valence-electron chi connectivity index (χ2n) is 3.55. The minimum Gasteiger partial charge on any atom is -0.492 e. The van der Waals surface area contributed by atoms with E-state index in [1.807, 2.05) is 6.07 Å². The van der Waals surface area contributed by atoms with Gasteiger partial charge in [-0.15, -0.1) is 0 Å². The van der Waals surface area contributed by atoms with E-state index < -0.39 is 0 Å². The normalized spacial score (nSPS) is 19.5. The van der Waals surface area contributed by atoms with Gasteiger partial charge in [0, 0.05) is 23.0 Å². The minimum atomic E-state index is 0.301. The van der Waals surface area contributed by atoms with Crippen LogP contribution in [0.2, 0.25) is 10.0 Å². The van der Waals surface area contributed by atoms with Crippen molar-refractivity contribution in [2.75, 3.05) is 13.2 Å². The maximum absolute atomic E-state index is 6.08. The lowest BCUT2D eigenvalue weighted by atomic mass is 10.0. The Morgan fingerprint density at radius 2 is 2.27 bits per heavy atom. The van der Waals surface area contributed by atoms with Gasteiger partial charge >= 0.3 is 0 Å². The van der Waals surface area contributed by atoms with E-state index >= 15 is 0 Å². The fourth-order valence-electron chi connectivity index (χ4n) is 1.88. The zero-order valence-electron chi connectivity index (χ0n) is 8.52. The summed E-state index contributed by atoms with van der Waals surface area (Å²) < 4.78 is 5.56. The third-order valence-electron chi connectivity index (χ3n) is 2.52. The van der Waals surface area contributed by atoms with E-state index in [-0.39, 0.29) is 0 Å². The molecule has 1 atom stereocenters. The van der Waals surface area contributed by atoms with Gasteiger partial charge in [-0.25, -0.2) is 0 Å². The standard InChI is InChI=1S/C11H13Cl2NO/c1-2-14-10-3-4-15-11-8(10)5-7(12)6-9(11)13/h5-6,10,14H,2-4H2,1H3. The van der Waals surface area contributed by atoms with Gasteiger partial charge in [0.2, 0.25) is 0 Å². The van der Waals surface area contributed by atoms with Gasteiger partial charge in [0.15, 0.2) is 0 Å². The number of rotatable bonds is 2. The number of benzene rings is 1. The lowest BCUT2D eigenvalue weighted by Crippen LogP contribution is -2.26. The first-order valence-electron chi connectivity index (χ1n) is 5.07. The molecule has 0 radical (unpaired) electrons. The number of ether oxygens (including phenoxy) is 1. The zero-order chi connectivity index (χ0) is 10.8. The maximum Gasteiger partial charge on any atom is 0.142 e. The summed E-state index contributed by atoms with van der Waals surface area (Å²) in [4.78, 5) is 0. The summed E-state index contributed by atoms with van der Waals surface area (Å²) in [6, 6.07) is 3.95. The molecule has 0 bridgehead atoms. The van der Waals surface area contributed by atoms with Crippen LogP contribution in [0.25, 0.3) is 0 Å². The van der Waals surface area contributed by atoms with Crippen molar-refractivity contribution in [3.8, 4) is 5.75 Å². The fraction of sp³-hybridized carbons (Fsp3) is 0.455. The molecule has 1 N–H and O–H groups in total. The lowest BCUT2D eigenvalue weighted by Gasteiger charge is -2.27. The van der Waals surface area contributed by atoms with Gasteiger partial charge in [0.1, 0.15) is 5.75 Å². The smallest absolute Gasteiger partial charge is 0.142 e. The molecule has 4 heteroatoms. The van der Waals surface area contributed by atoms with Crippen LogP contribution in [0.4, 0.5) is 0 Å². The average Bonchev–Trinajstić information content (AvgIpc) is 2.19. The van der Waals surface area contributed by atoms with Gasteiger partial charge in [-0.1, -0.05) is 30.1 Å². The van der Waals surface area contributed by atoms with Crippen LogP contribution in [-0.4, -0.2) is 13.2 Å². The second-order valence-corrected chi connectivity index (χ2v) is 4.40. The molecular formula is C11H13Cl2NO. The summed E-state index contributed by atoms with van der Waals surface area (Å²) in [5.74, 6) is 0.776. The van der Waals surface area contributed by atoms with E-state index in [4.69, 9.17) is 27.9 Å².